The number of morpholine rings is 1. The van der Waals surface area contributed by atoms with Gasteiger partial charge in [0.25, 0.3) is 0 Å². The lowest BCUT2D eigenvalue weighted by atomic mass is 10.0. The van der Waals surface area contributed by atoms with Gasteiger partial charge < -0.3 is 19.8 Å². The molecular formula is C20H28FN5O2. The number of rotatable bonds is 6. The van der Waals surface area contributed by atoms with E-state index in [1.165, 1.54) is 6.07 Å². The van der Waals surface area contributed by atoms with Crippen LogP contribution in [-0.2, 0) is 11.3 Å². The lowest BCUT2D eigenvalue weighted by Crippen LogP contribution is -2.46. The molecule has 2 aromatic rings. The number of oxazole rings is 1. The average Bonchev–Trinajstić information content (AvgIpc) is 3.03. The molecule has 1 saturated heterocycles. The lowest BCUT2D eigenvalue weighted by Gasteiger charge is -2.35. The Morgan fingerprint density at radius 2 is 2.07 bits per heavy atom. The van der Waals surface area contributed by atoms with E-state index >= 15 is 0 Å². The Kier molecular flexibility index (Phi) is 7.00. The van der Waals surface area contributed by atoms with Crippen LogP contribution < -0.4 is 10.6 Å². The number of aryl methyl sites for hydroxylation is 2. The largest absolute Gasteiger partial charge is 0.444 e. The highest BCUT2D eigenvalue weighted by atomic mass is 19.1. The third kappa shape index (κ3) is 5.30. The number of benzene rings is 1. The second-order valence-electron chi connectivity index (χ2n) is 6.78. The lowest BCUT2D eigenvalue weighted by molar-refractivity contribution is 0.0169. The number of nitrogens with one attached hydrogen (secondary N) is 2. The summed E-state index contributed by atoms with van der Waals surface area (Å²) in [7, 11) is 1.72. The maximum atomic E-state index is 13.8. The Balaban J connectivity index is 1.64. The fourth-order valence-corrected chi connectivity index (χ4v) is 3.25. The SMILES string of the molecule is CN=C(NCc1nc(C)c(C)o1)NCC(c1cccc(F)c1)N1CCOCC1. The van der Waals surface area contributed by atoms with Crippen molar-refractivity contribution in [3.8, 4) is 0 Å². The molecule has 28 heavy (non-hydrogen) atoms. The van der Waals surface area contributed by atoms with Gasteiger partial charge in [0.1, 0.15) is 11.6 Å². The van der Waals surface area contributed by atoms with E-state index in [1.807, 2.05) is 19.9 Å². The maximum absolute atomic E-state index is 13.8. The van der Waals surface area contributed by atoms with Crippen LogP contribution in [0.15, 0.2) is 33.7 Å². The molecule has 0 saturated carbocycles. The molecule has 0 amide bonds. The van der Waals surface area contributed by atoms with E-state index in [0.29, 0.717) is 38.2 Å². The van der Waals surface area contributed by atoms with Crippen LogP contribution in [0.2, 0.25) is 0 Å². The van der Waals surface area contributed by atoms with E-state index in [0.717, 1.165) is 30.1 Å². The molecule has 0 radical (unpaired) electrons. The van der Waals surface area contributed by atoms with Crippen molar-refractivity contribution in [2.75, 3.05) is 39.9 Å². The van der Waals surface area contributed by atoms with Crippen LogP contribution in [0.4, 0.5) is 4.39 Å². The summed E-state index contributed by atoms with van der Waals surface area (Å²) in [6, 6.07) is 6.78. The topological polar surface area (TPSA) is 74.9 Å². The molecule has 7 nitrogen and oxygen atoms in total. The fraction of sp³-hybridized carbons (Fsp3) is 0.500. The third-order valence-corrected chi connectivity index (χ3v) is 4.89. The molecule has 1 aliphatic rings. The first-order valence-electron chi connectivity index (χ1n) is 9.51. The molecule has 8 heteroatoms. The fourth-order valence-electron chi connectivity index (χ4n) is 3.25. The molecule has 2 heterocycles. The van der Waals surface area contributed by atoms with Crippen LogP contribution in [0.1, 0.15) is 29.0 Å². The first kappa shape index (κ1) is 20.3. The van der Waals surface area contributed by atoms with Crippen molar-refractivity contribution >= 4 is 5.96 Å². The second-order valence-corrected chi connectivity index (χ2v) is 6.78. The first-order chi connectivity index (χ1) is 13.6. The predicted molar refractivity (Wildman–Crippen MR) is 106 cm³/mol. The van der Waals surface area contributed by atoms with Gasteiger partial charge in [-0.25, -0.2) is 9.37 Å². The van der Waals surface area contributed by atoms with Gasteiger partial charge in [0, 0.05) is 26.7 Å². The van der Waals surface area contributed by atoms with Gasteiger partial charge in [-0.05, 0) is 31.5 Å². The number of halogens is 1. The number of guanidine groups is 1. The van der Waals surface area contributed by atoms with Gasteiger partial charge in [-0.3, -0.25) is 9.89 Å². The van der Waals surface area contributed by atoms with E-state index in [1.54, 1.807) is 19.2 Å². The van der Waals surface area contributed by atoms with Gasteiger partial charge in [-0.15, -0.1) is 0 Å². The van der Waals surface area contributed by atoms with Gasteiger partial charge in [-0.2, -0.15) is 0 Å². The van der Waals surface area contributed by atoms with Crippen LogP contribution in [0, 0.1) is 19.7 Å². The number of hydrogen-bond acceptors (Lipinski definition) is 5. The van der Waals surface area contributed by atoms with Crippen molar-refractivity contribution in [2.45, 2.75) is 26.4 Å². The van der Waals surface area contributed by atoms with Crippen LogP contribution in [-0.4, -0.2) is 55.7 Å². The van der Waals surface area contributed by atoms with Crippen molar-refractivity contribution in [3.05, 3.63) is 53.0 Å². The van der Waals surface area contributed by atoms with Crippen molar-refractivity contribution in [1.29, 1.82) is 0 Å². The number of ether oxygens (including phenoxy) is 1. The van der Waals surface area contributed by atoms with E-state index in [-0.39, 0.29) is 11.9 Å². The highest BCUT2D eigenvalue weighted by Crippen LogP contribution is 2.22. The number of nitrogens with zero attached hydrogens (tertiary/aromatic N) is 3. The zero-order valence-electron chi connectivity index (χ0n) is 16.7. The van der Waals surface area contributed by atoms with Crippen LogP contribution >= 0.6 is 0 Å². The Bertz CT molecular complexity index is 782. The van der Waals surface area contributed by atoms with Crippen molar-refractivity contribution in [1.82, 2.24) is 20.5 Å². The number of aromatic nitrogens is 1. The summed E-state index contributed by atoms with van der Waals surface area (Å²) >= 11 is 0. The zero-order valence-corrected chi connectivity index (χ0v) is 16.7. The second kappa shape index (κ2) is 9.66. The molecule has 0 bridgehead atoms. The summed E-state index contributed by atoms with van der Waals surface area (Å²) < 4.78 is 24.8. The van der Waals surface area contributed by atoms with E-state index in [9.17, 15) is 4.39 Å². The molecule has 1 atom stereocenters. The molecule has 0 spiro atoms. The smallest absolute Gasteiger partial charge is 0.214 e. The Hall–Kier alpha value is -2.45. The summed E-state index contributed by atoms with van der Waals surface area (Å²) in [5.41, 5.74) is 1.82. The summed E-state index contributed by atoms with van der Waals surface area (Å²) in [6.45, 7) is 7.83. The van der Waals surface area contributed by atoms with Gasteiger partial charge in [-0.1, -0.05) is 12.1 Å². The highest BCUT2D eigenvalue weighted by Gasteiger charge is 2.23. The van der Waals surface area contributed by atoms with Gasteiger partial charge in [0.05, 0.1) is 31.5 Å². The first-order valence-corrected chi connectivity index (χ1v) is 9.51. The molecule has 1 aromatic carbocycles. The summed E-state index contributed by atoms with van der Waals surface area (Å²) in [5.74, 6) is 1.85. The zero-order chi connectivity index (χ0) is 19.9. The standard InChI is InChI=1S/C20H28FN5O2/c1-14-15(2)28-19(25-14)13-24-20(22-3)23-12-18(26-7-9-27-10-8-26)16-5-4-6-17(21)11-16/h4-6,11,18H,7-10,12-13H2,1-3H3,(H2,22,23,24). The Labute approximate surface area is 165 Å². The summed E-state index contributed by atoms with van der Waals surface area (Å²) in [5, 5.41) is 6.55. The summed E-state index contributed by atoms with van der Waals surface area (Å²) in [6.07, 6.45) is 0. The molecule has 1 fully saturated rings. The number of hydrogen-bond donors (Lipinski definition) is 2. The van der Waals surface area contributed by atoms with Crippen molar-refractivity contribution in [3.63, 3.8) is 0 Å². The summed E-state index contributed by atoms with van der Waals surface area (Å²) in [4.78, 5) is 10.9. The van der Waals surface area contributed by atoms with Gasteiger partial charge in [0.15, 0.2) is 5.96 Å². The predicted octanol–water partition coefficient (Wildman–Crippen LogP) is 2.17. The van der Waals surface area contributed by atoms with Crippen LogP contribution in [0.3, 0.4) is 0 Å². The van der Waals surface area contributed by atoms with Crippen LogP contribution in [0.25, 0.3) is 0 Å². The van der Waals surface area contributed by atoms with E-state index in [2.05, 4.69) is 25.5 Å². The molecule has 1 aliphatic heterocycles. The molecule has 2 N–H and O–H groups in total. The maximum Gasteiger partial charge on any atom is 0.214 e. The normalized spacial score (nSPS) is 16.8. The monoisotopic (exact) mass is 389 g/mol. The molecular weight excluding hydrogens is 361 g/mol. The van der Waals surface area contributed by atoms with Crippen molar-refractivity contribution in [2.24, 2.45) is 4.99 Å². The molecule has 3 rings (SSSR count). The quantitative estimate of drug-likeness (QED) is 0.583. The minimum atomic E-state index is -0.229. The Morgan fingerprint density at radius 1 is 1.29 bits per heavy atom. The minimum absolute atomic E-state index is 0.0179. The molecule has 152 valence electrons. The molecule has 1 unspecified atom stereocenters. The third-order valence-electron chi connectivity index (χ3n) is 4.89. The molecule has 1 aromatic heterocycles. The van der Waals surface area contributed by atoms with E-state index in [4.69, 9.17) is 9.15 Å². The van der Waals surface area contributed by atoms with Gasteiger partial charge in [0.2, 0.25) is 5.89 Å². The average molecular weight is 389 g/mol. The molecule has 0 aliphatic carbocycles. The Morgan fingerprint density at radius 3 is 2.71 bits per heavy atom. The van der Waals surface area contributed by atoms with Crippen molar-refractivity contribution < 1.29 is 13.5 Å². The van der Waals surface area contributed by atoms with Gasteiger partial charge >= 0.3 is 0 Å². The minimum Gasteiger partial charge on any atom is -0.444 e. The number of aliphatic imine (C=N–C) groups is 1. The highest BCUT2D eigenvalue weighted by molar-refractivity contribution is 5.79. The van der Waals surface area contributed by atoms with E-state index < -0.39 is 0 Å². The van der Waals surface area contributed by atoms with Crippen LogP contribution in [0.5, 0.6) is 0 Å².